The van der Waals surface area contributed by atoms with Crippen molar-refractivity contribution in [1.82, 2.24) is 20.0 Å². The zero-order chi connectivity index (χ0) is 16.4. The highest BCUT2D eigenvalue weighted by Crippen LogP contribution is 2.28. The van der Waals surface area contributed by atoms with E-state index in [1.54, 1.807) is 0 Å². The first-order valence-electron chi connectivity index (χ1n) is 8.08. The fourth-order valence-electron chi connectivity index (χ4n) is 2.83. The lowest BCUT2D eigenvalue weighted by Crippen LogP contribution is -2.14. The number of para-hydroxylation sites is 1. The molecule has 0 bridgehead atoms. The molecule has 0 saturated carbocycles. The van der Waals surface area contributed by atoms with Gasteiger partial charge in [0, 0.05) is 6.20 Å². The average molecular weight is 309 g/mol. The Labute approximate surface area is 136 Å². The van der Waals surface area contributed by atoms with E-state index >= 15 is 0 Å². The Morgan fingerprint density at radius 1 is 1.17 bits per heavy atom. The number of aryl methyl sites for hydroxylation is 1. The number of nitrogens with two attached hydrogens (primary N) is 1. The molecule has 0 spiro atoms. The van der Waals surface area contributed by atoms with E-state index in [-0.39, 0.29) is 6.04 Å². The number of benzene rings is 1. The van der Waals surface area contributed by atoms with E-state index in [0.717, 1.165) is 35.0 Å². The summed E-state index contributed by atoms with van der Waals surface area (Å²) in [5, 5.41) is 8.71. The number of nitrogen functional groups attached to an aromatic ring is 1. The molecule has 0 fully saturated rings. The van der Waals surface area contributed by atoms with Crippen LogP contribution < -0.4 is 5.73 Å². The molecule has 0 aliphatic heterocycles. The molecule has 0 saturated heterocycles. The maximum atomic E-state index is 5.87. The van der Waals surface area contributed by atoms with Crippen LogP contribution in [0.5, 0.6) is 0 Å². The van der Waals surface area contributed by atoms with Gasteiger partial charge in [-0.2, -0.15) is 0 Å². The van der Waals surface area contributed by atoms with Gasteiger partial charge in [0.05, 0.1) is 11.6 Å². The second kappa shape index (κ2) is 6.36. The van der Waals surface area contributed by atoms with E-state index in [0.29, 0.717) is 11.7 Å². The predicted octanol–water partition coefficient (Wildman–Crippen LogP) is 3.74. The molecule has 0 amide bonds. The number of pyridine rings is 1. The number of hydrogen-bond acceptors (Lipinski definition) is 4. The van der Waals surface area contributed by atoms with Crippen molar-refractivity contribution in [3.05, 3.63) is 47.7 Å². The molecule has 3 rings (SSSR count). The van der Waals surface area contributed by atoms with Crippen molar-refractivity contribution in [2.24, 2.45) is 5.92 Å². The Balaban J connectivity index is 2.06. The zero-order valence-corrected chi connectivity index (χ0v) is 13.9. The minimum atomic E-state index is 0.122. The van der Waals surface area contributed by atoms with Gasteiger partial charge in [-0.25, -0.2) is 9.67 Å². The van der Waals surface area contributed by atoms with E-state index in [4.69, 9.17) is 5.73 Å². The summed E-state index contributed by atoms with van der Waals surface area (Å²) in [6.45, 7) is 6.47. The van der Waals surface area contributed by atoms with Gasteiger partial charge in [-0.3, -0.25) is 0 Å². The Hall–Kier alpha value is -2.43. The van der Waals surface area contributed by atoms with E-state index in [1.165, 1.54) is 0 Å². The molecular formula is C18H23N5. The van der Waals surface area contributed by atoms with E-state index in [9.17, 15) is 0 Å². The summed E-state index contributed by atoms with van der Waals surface area (Å²) in [6, 6.07) is 10.3. The summed E-state index contributed by atoms with van der Waals surface area (Å²) in [5.74, 6) is 1.22. The Morgan fingerprint density at radius 2 is 1.96 bits per heavy atom. The standard InChI is InChI=1S/C18H23N5/c1-12(2)8-9-16(14-10-13(3)18(19)20-11-14)23-17-7-5-4-6-15(17)21-22-23/h4-7,10-12,16H,8-9H2,1-3H3,(H2,19,20). The van der Waals surface area contributed by atoms with Crippen LogP contribution in [0.15, 0.2) is 36.5 Å². The molecule has 0 radical (unpaired) electrons. The molecule has 2 aromatic heterocycles. The molecule has 1 atom stereocenters. The smallest absolute Gasteiger partial charge is 0.126 e. The first-order valence-corrected chi connectivity index (χ1v) is 8.08. The second-order valence-corrected chi connectivity index (χ2v) is 6.48. The Morgan fingerprint density at radius 3 is 2.70 bits per heavy atom. The molecule has 2 N–H and O–H groups in total. The molecular weight excluding hydrogens is 286 g/mol. The summed E-state index contributed by atoms with van der Waals surface area (Å²) in [7, 11) is 0. The summed E-state index contributed by atoms with van der Waals surface area (Å²) in [4.78, 5) is 4.33. The highest BCUT2D eigenvalue weighted by atomic mass is 15.4. The lowest BCUT2D eigenvalue weighted by atomic mass is 9.97. The summed E-state index contributed by atoms with van der Waals surface area (Å²) < 4.78 is 2.02. The molecule has 23 heavy (non-hydrogen) atoms. The average Bonchev–Trinajstić information content (AvgIpc) is 2.95. The molecule has 2 heterocycles. The molecule has 1 unspecified atom stereocenters. The van der Waals surface area contributed by atoms with Crippen LogP contribution in [-0.4, -0.2) is 20.0 Å². The number of aromatic nitrogens is 4. The maximum Gasteiger partial charge on any atom is 0.126 e. The van der Waals surface area contributed by atoms with Crippen molar-refractivity contribution in [1.29, 1.82) is 0 Å². The van der Waals surface area contributed by atoms with Crippen LogP contribution in [0.3, 0.4) is 0 Å². The molecule has 0 aliphatic carbocycles. The fourth-order valence-corrected chi connectivity index (χ4v) is 2.83. The van der Waals surface area contributed by atoms with Crippen LogP contribution in [0.2, 0.25) is 0 Å². The van der Waals surface area contributed by atoms with Gasteiger partial charge in [0.2, 0.25) is 0 Å². The van der Waals surface area contributed by atoms with Crippen LogP contribution in [0, 0.1) is 12.8 Å². The van der Waals surface area contributed by atoms with Gasteiger partial charge >= 0.3 is 0 Å². The normalized spacial score (nSPS) is 12.9. The SMILES string of the molecule is Cc1cc(C(CCC(C)C)n2nnc3ccccc32)cnc1N. The first kappa shape index (κ1) is 15.5. The van der Waals surface area contributed by atoms with Crippen molar-refractivity contribution >= 4 is 16.9 Å². The number of anilines is 1. The van der Waals surface area contributed by atoms with Gasteiger partial charge < -0.3 is 5.73 Å². The van der Waals surface area contributed by atoms with Crippen molar-refractivity contribution < 1.29 is 0 Å². The van der Waals surface area contributed by atoms with Crippen LogP contribution in [-0.2, 0) is 0 Å². The number of nitrogens with zero attached hydrogens (tertiary/aromatic N) is 4. The third-order valence-corrected chi connectivity index (χ3v) is 4.21. The number of fused-ring (bicyclic) bond motifs is 1. The quantitative estimate of drug-likeness (QED) is 0.779. The van der Waals surface area contributed by atoms with Crippen LogP contribution in [0.4, 0.5) is 5.82 Å². The van der Waals surface area contributed by atoms with Gasteiger partial charge in [0.15, 0.2) is 0 Å². The number of rotatable bonds is 5. The molecule has 5 nitrogen and oxygen atoms in total. The molecule has 1 aromatic carbocycles. The third-order valence-electron chi connectivity index (χ3n) is 4.21. The van der Waals surface area contributed by atoms with Gasteiger partial charge in [0.1, 0.15) is 11.3 Å². The van der Waals surface area contributed by atoms with Crippen molar-refractivity contribution in [2.75, 3.05) is 5.73 Å². The monoisotopic (exact) mass is 309 g/mol. The highest BCUT2D eigenvalue weighted by Gasteiger charge is 2.19. The lowest BCUT2D eigenvalue weighted by Gasteiger charge is -2.20. The minimum Gasteiger partial charge on any atom is -0.383 e. The van der Waals surface area contributed by atoms with Crippen LogP contribution >= 0.6 is 0 Å². The molecule has 3 aromatic rings. The molecule has 120 valence electrons. The van der Waals surface area contributed by atoms with Crippen molar-refractivity contribution in [2.45, 2.75) is 39.7 Å². The van der Waals surface area contributed by atoms with Gasteiger partial charge in [0.25, 0.3) is 0 Å². The van der Waals surface area contributed by atoms with Crippen LogP contribution in [0.25, 0.3) is 11.0 Å². The van der Waals surface area contributed by atoms with E-state index in [1.807, 2.05) is 36.0 Å². The highest BCUT2D eigenvalue weighted by molar-refractivity contribution is 5.74. The fraction of sp³-hybridized carbons (Fsp3) is 0.389. The van der Waals surface area contributed by atoms with Crippen molar-refractivity contribution in [3.63, 3.8) is 0 Å². The Kier molecular flexibility index (Phi) is 4.28. The maximum absolute atomic E-state index is 5.87. The first-order chi connectivity index (χ1) is 11.1. The minimum absolute atomic E-state index is 0.122. The third kappa shape index (κ3) is 3.18. The summed E-state index contributed by atoms with van der Waals surface area (Å²) in [6.07, 6.45) is 3.97. The van der Waals surface area contributed by atoms with Gasteiger partial charge in [-0.1, -0.05) is 31.2 Å². The molecule has 0 aliphatic rings. The topological polar surface area (TPSA) is 69.6 Å². The van der Waals surface area contributed by atoms with E-state index in [2.05, 4.69) is 41.3 Å². The molecule has 5 heteroatoms. The second-order valence-electron chi connectivity index (χ2n) is 6.48. The predicted molar refractivity (Wildman–Crippen MR) is 93.1 cm³/mol. The van der Waals surface area contributed by atoms with Crippen LogP contribution in [0.1, 0.15) is 43.9 Å². The van der Waals surface area contributed by atoms with Crippen molar-refractivity contribution in [3.8, 4) is 0 Å². The van der Waals surface area contributed by atoms with E-state index < -0.39 is 0 Å². The van der Waals surface area contributed by atoms with Gasteiger partial charge in [-0.05, 0) is 55.0 Å². The summed E-state index contributed by atoms with van der Waals surface area (Å²) in [5.41, 5.74) is 9.98. The zero-order valence-electron chi connectivity index (χ0n) is 13.9. The lowest BCUT2D eigenvalue weighted by molar-refractivity contribution is 0.433. The Bertz CT molecular complexity index is 806. The largest absolute Gasteiger partial charge is 0.383 e. The van der Waals surface area contributed by atoms with Gasteiger partial charge in [-0.15, -0.1) is 5.10 Å². The summed E-state index contributed by atoms with van der Waals surface area (Å²) >= 11 is 0. The number of hydrogen-bond donors (Lipinski definition) is 1.